The zero-order chi connectivity index (χ0) is 9.52. The Balaban J connectivity index is 2.24. The maximum atomic E-state index is 10.8. The zero-order valence-corrected chi connectivity index (χ0v) is 7.45. The SMILES string of the molecule is CNC(=O)CCNc1ncccn1. The van der Waals surface area contributed by atoms with Crippen molar-refractivity contribution < 1.29 is 4.79 Å². The highest BCUT2D eigenvalue weighted by Gasteiger charge is 1.97. The van der Waals surface area contributed by atoms with Gasteiger partial charge in [-0.3, -0.25) is 4.79 Å². The van der Waals surface area contributed by atoms with Crippen molar-refractivity contribution >= 4 is 11.9 Å². The molecule has 1 aromatic rings. The molecule has 5 nitrogen and oxygen atoms in total. The van der Waals surface area contributed by atoms with E-state index in [2.05, 4.69) is 20.6 Å². The molecule has 1 rings (SSSR count). The molecule has 0 atom stereocenters. The predicted octanol–water partition coefficient (Wildman–Crippen LogP) is 0.0246. The summed E-state index contributed by atoms with van der Waals surface area (Å²) in [5.41, 5.74) is 0. The first-order chi connectivity index (χ1) is 6.33. The summed E-state index contributed by atoms with van der Waals surface area (Å²) in [6, 6.07) is 1.74. The standard InChI is InChI=1S/C8H12N4O/c1-9-7(13)3-6-12-8-10-4-2-5-11-8/h2,4-5H,3,6H2,1H3,(H,9,13)(H,10,11,12). The van der Waals surface area contributed by atoms with Gasteiger partial charge in [0.25, 0.3) is 0 Å². The van der Waals surface area contributed by atoms with Crippen molar-refractivity contribution in [1.82, 2.24) is 15.3 Å². The summed E-state index contributed by atoms with van der Waals surface area (Å²) in [4.78, 5) is 18.7. The van der Waals surface area contributed by atoms with Gasteiger partial charge >= 0.3 is 0 Å². The second-order valence-electron chi connectivity index (χ2n) is 2.42. The van der Waals surface area contributed by atoms with Gasteiger partial charge in [0.15, 0.2) is 0 Å². The molecule has 0 aliphatic rings. The smallest absolute Gasteiger partial charge is 0.222 e. The van der Waals surface area contributed by atoms with E-state index >= 15 is 0 Å². The van der Waals surface area contributed by atoms with Crippen molar-refractivity contribution in [1.29, 1.82) is 0 Å². The second kappa shape index (κ2) is 5.08. The van der Waals surface area contributed by atoms with Crippen LogP contribution < -0.4 is 10.6 Å². The predicted molar refractivity (Wildman–Crippen MR) is 49.2 cm³/mol. The second-order valence-corrected chi connectivity index (χ2v) is 2.42. The van der Waals surface area contributed by atoms with E-state index in [4.69, 9.17) is 0 Å². The number of anilines is 1. The van der Waals surface area contributed by atoms with Crippen molar-refractivity contribution in [2.24, 2.45) is 0 Å². The molecule has 0 aliphatic carbocycles. The van der Waals surface area contributed by atoms with Gasteiger partial charge < -0.3 is 10.6 Å². The Bertz CT molecular complexity index is 262. The molecule has 1 heterocycles. The third-order valence-corrected chi connectivity index (χ3v) is 1.48. The molecule has 1 amide bonds. The lowest BCUT2D eigenvalue weighted by molar-refractivity contribution is -0.120. The van der Waals surface area contributed by atoms with Crippen molar-refractivity contribution in [2.75, 3.05) is 18.9 Å². The summed E-state index contributed by atoms with van der Waals surface area (Å²) in [6.07, 6.45) is 3.72. The molecule has 1 aromatic heterocycles. The van der Waals surface area contributed by atoms with Crippen LogP contribution in [0.5, 0.6) is 0 Å². The number of hydrogen-bond acceptors (Lipinski definition) is 4. The molecule has 0 spiro atoms. The Morgan fingerprint density at radius 3 is 2.77 bits per heavy atom. The van der Waals surface area contributed by atoms with Gasteiger partial charge in [-0.15, -0.1) is 0 Å². The van der Waals surface area contributed by atoms with Crippen molar-refractivity contribution in [3.63, 3.8) is 0 Å². The summed E-state index contributed by atoms with van der Waals surface area (Å²) in [5, 5.41) is 5.46. The van der Waals surface area contributed by atoms with Crippen LogP contribution in [-0.2, 0) is 4.79 Å². The molecule has 0 bridgehead atoms. The van der Waals surface area contributed by atoms with Crippen LogP contribution in [0.1, 0.15) is 6.42 Å². The van der Waals surface area contributed by atoms with E-state index in [-0.39, 0.29) is 5.91 Å². The number of nitrogens with zero attached hydrogens (tertiary/aromatic N) is 2. The molecule has 70 valence electrons. The Morgan fingerprint density at radius 2 is 2.15 bits per heavy atom. The van der Waals surface area contributed by atoms with Crippen LogP contribution >= 0.6 is 0 Å². The lowest BCUT2D eigenvalue weighted by Gasteiger charge is -2.02. The Kier molecular flexibility index (Phi) is 3.69. The summed E-state index contributed by atoms with van der Waals surface area (Å²) in [5.74, 6) is 0.551. The van der Waals surface area contributed by atoms with Gasteiger partial charge in [-0.2, -0.15) is 0 Å². The quantitative estimate of drug-likeness (QED) is 0.685. The lowest BCUT2D eigenvalue weighted by Crippen LogP contribution is -2.21. The fourth-order valence-electron chi connectivity index (χ4n) is 0.803. The van der Waals surface area contributed by atoms with Gasteiger partial charge in [0.2, 0.25) is 11.9 Å². The van der Waals surface area contributed by atoms with Crippen LogP contribution in [0.15, 0.2) is 18.5 Å². The van der Waals surface area contributed by atoms with Gasteiger partial charge in [-0.05, 0) is 6.07 Å². The zero-order valence-electron chi connectivity index (χ0n) is 7.45. The minimum atomic E-state index is 0.00318. The molecule has 0 radical (unpaired) electrons. The molecule has 0 unspecified atom stereocenters. The number of nitrogens with one attached hydrogen (secondary N) is 2. The summed E-state index contributed by atoms with van der Waals surface area (Å²) >= 11 is 0. The topological polar surface area (TPSA) is 66.9 Å². The van der Waals surface area contributed by atoms with Crippen LogP contribution in [0.2, 0.25) is 0 Å². The van der Waals surface area contributed by atoms with Crippen LogP contribution in [0, 0.1) is 0 Å². The van der Waals surface area contributed by atoms with Gasteiger partial charge in [-0.25, -0.2) is 9.97 Å². The highest BCUT2D eigenvalue weighted by Crippen LogP contribution is 1.93. The van der Waals surface area contributed by atoms with Crippen molar-refractivity contribution in [2.45, 2.75) is 6.42 Å². The third kappa shape index (κ3) is 3.50. The molecule has 5 heteroatoms. The van der Waals surface area contributed by atoms with E-state index in [0.717, 1.165) is 0 Å². The fraction of sp³-hybridized carbons (Fsp3) is 0.375. The van der Waals surface area contributed by atoms with Crippen LogP contribution in [-0.4, -0.2) is 29.5 Å². The number of carbonyl (C=O) groups excluding carboxylic acids is 1. The van der Waals surface area contributed by atoms with Crippen LogP contribution in [0.3, 0.4) is 0 Å². The van der Waals surface area contributed by atoms with E-state index in [9.17, 15) is 4.79 Å². The van der Waals surface area contributed by atoms with E-state index in [1.54, 1.807) is 25.5 Å². The minimum absolute atomic E-state index is 0.00318. The molecule has 0 aromatic carbocycles. The van der Waals surface area contributed by atoms with Crippen molar-refractivity contribution in [3.05, 3.63) is 18.5 Å². The molecular formula is C8H12N4O. The number of hydrogen-bond donors (Lipinski definition) is 2. The molecule has 0 aliphatic heterocycles. The average molecular weight is 180 g/mol. The summed E-state index contributed by atoms with van der Waals surface area (Å²) < 4.78 is 0. The van der Waals surface area contributed by atoms with Gasteiger partial charge in [0, 0.05) is 32.4 Å². The third-order valence-electron chi connectivity index (χ3n) is 1.48. The first-order valence-electron chi connectivity index (χ1n) is 4.04. The van der Waals surface area contributed by atoms with E-state index in [0.29, 0.717) is 18.9 Å². The average Bonchev–Trinajstić information content (AvgIpc) is 2.19. The Morgan fingerprint density at radius 1 is 1.46 bits per heavy atom. The van der Waals surface area contributed by atoms with Gasteiger partial charge in [-0.1, -0.05) is 0 Å². The maximum absolute atomic E-state index is 10.8. The van der Waals surface area contributed by atoms with Crippen molar-refractivity contribution in [3.8, 4) is 0 Å². The normalized spacial score (nSPS) is 9.31. The van der Waals surface area contributed by atoms with Gasteiger partial charge in [0.1, 0.15) is 0 Å². The molecule has 13 heavy (non-hydrogen) atoms. The highest BCUT2D eigenvalue weighted by molar-refractivity contribution is 5.75. The number of rotatable bonds is 4. The van der Waals surface area contributed by atoms with E-state index in [1.165, 1.54) is 0 Å². The number of aromatic nitrogens is 2. The lowest BCUT2D eigenvalue weighted by atomic mass is 10.4. The largest absolute Gasteiger partial charge is 0.359 e. The maximum Gasteiger partial charge on any atom is 0.222 e. The summed E-state index contributed by atoms with van der Waals surface area (Å²) in [6.45, 7) is 0.545. The highest BCUT2D eigenvalue weighted by atomic mass is 16.1. The van der Waals surface area contributed by atoms with Crippen LogP contribution in [0.4, 0.5) is 5.95 Å². The fourth-order valence-corrected chi connectivity index (χ4v) is 0.803. The molecule has 0 saturated carbocycles. The number of carbonyl (C=O) groups is 1. The minimum Gasteiger partial charge on any atom is -0.359 e. The summed E-state index contributed by atoms with van der Waals surface area (Å²) in [7, 11) is 1.61. The van der Waals surface area contributed by atoms with E-state index in [1.807, 2.05) is 0 Å². The Hall–Kier alpha value is -1.65. The Labute approximate surface area is 76.6 Å². The first kappa shape index (κ1) is 9.44. The number of amides is 1. The first-order valence-corrected chi connectivity index (χ1v) is 4.04. The van der Waals surface area contributed by atoms with Gasteiger partial charge in [0.05, 0.1) is 0 Å². The monoisotopic (exact) mass is 180 g/mol. The molecular weight excluding hydrogens is 168 g/mol. The van der Waals surface area contributed by atoms with Crippen LogP contribution in [0.25, 0.3) is 0 Å². The molecule has 0 fully saturated rings. The van der Waals surface area contributed by atoms with E-state index < -0.39 is 0 Å². The molecule has 2 N–H and O–H groups in total. The molecule has 0 saturated heterocycles.